The highest BCUT2D eigenvalue weighted by atomic mass is 16.3. The number of carbonyl (C=O) groups is 1. The number of nitrogens with zero attached hydrogens (tertiary/aromatic N) is 3. The van der Waals surface area contributed by atoms with Crippen LogP contribution in [0.2, 0.25) is 0 Å². The standard InChI is InChI=1S/C22H34N4O2/c1-15-6-7-16(2)22-21(15)19(17(3)23-22)12-20(28)26-10-8-25(9-11-26)14-18(27)13-24(4)5/h6-7,18,23,27H,8-14H2,1-5H3/t18-/m1/s1. The van der Waals surface area contributed by atoms with Crippen LogP contribution in [-0.4, -0.2) is 90.2 Å². The van der Waals surface area contributed by atoms with Gasteiger partial charge in [0.05, 0.1) is 12.5 Å². The van der Waals surface area contributed by atoms with Gasteiger partial charge in [0, 0.05) is 55.9 Å². The number of piperazine rings is 1. The first kappa shape index (κ1) is 20.8. The molecular weight excluding hydrogens is 352 g/mol. The maximum Gasteiger partial charge on any atom is 0.227 e. The van der Waals surface area contributed by atoms with Gasteiger partial charge >= 0.3 is 0 Å². The van der Waals surface area contributed by atoms with Crippen LogP contribution in [0.5, 0.6) is 0 Å². The highest BCUT2D eigenvalue weighted by molar-refractivity contribution is 5.93. The molecule has 0 unspecified atom stereocenters. The first-order chi connectivity index (χ1) is 13.3. The molecule has 2 N–H and O–H groups in total. The number of aromatic amines is 1. The minimum absolute atomic E-state index is 0.193. The number of aromatic nitrogens is 1. The molecule has 0 saturated carbocycles. The fourth-order valence-corrected chi connectivity index (χ4v) is 4.25. The van der Waals surface area contributed by atoms with Crippen LogP contribution >= 0.6 is 0 Å². The van der Waals surface area contributed by atoms with E-state index in [1.54, 1.807) is 0 Å². The molecule has 1 aliphatic heterocycles. The van der Waals surface area contributed by atoms with Crippen LogP contribution in [0.1, 0.15) is 22.4 Å². The van der Waals surface area contributed by atoms with Crippen LogP contribution < -0.4 is 0 Å². The molecule has 1 aliphatic rings. The summed E-state index contributed by atoms with van der Waals surface area (Å²) in [6.45, 7) is 10.7. The largest absolute Gasteiger partial charge is 0.390 e. The van der Waals surface area contributed by atoms with Gasteiger partial charge in [0.25, 0.3) is 0 Å². The summed E-state index contributed by atoms with van der Waals surface area (Å²) in [6, 6.07) is 4.26. The van der Waals surface area contributed by atoms with Gasteiger partial charge in [0.2, 0.25) is 5.91 Å². The topological polar surface area (TPSA) is 62.8 Å². The van der Waals surface area contributed by atoms with E-state index in [4.69, 9.17) is 0 Å². The zero-order valence-electron chi connectivity index (χ0n) is 17.9. The van der Waals surface area contributed by atoms with Crippen molar-refractivity contribution in [1.29, 1.82) is 0 Å². The lowest BCUT2D eigenvalue weighted by Gasteiger charge is -2.36. The number of hydrogen-bond acceptors (Lipinski definition) is 4. The quantitative estimate of drug-likeness (QED) is 0.793. The minimum atomic E-state index is -0.350. The van der Waals surface area contributed by atoms with Gasteiger partial charge < -0.3 is 19.9 Å². The van der Waals surface area contributed by atoms with E-state index in [1.807, 2.05) is 23.9 Å². The van der Waals surface area contributed by atoms with Crippen molar-refractivity contribution in [2.75, 3.05) is 53.4 Å². The molecule has 6 nitrogen and oxygen atoms in total. The van der Waals surface area contributed by atoms with Gasteiger partial charge in [-0.05, 0) is 51.6 Å². The van der Waals surface area contributed by atoms with Crippen LogP contribution in [-0.2, 0) is 11.2 Å². The number of aliphatic hydroxyl groups excluding tert-OH is 1. The van der Waals surface area contributed by atoms with E-state index in [2.05, 4.69) is 42.8 Å². The second-order valence-electron chi connectivity index (χ2n) is 8.45. The van der Waals surface area contributed by atoms with Crippen molar-refractivity contribution in [3.63, 3.8) is 0 Å². The molecule has 0 aliphatic carbocycles. The van der Waals surface area contributed by atoms with Crippen LogP contribution in [0.15, 0.2) is 12.1 Å². The molecule has 2 heterocycles. The Labute approximate surface area is 168 Å². The van der Waals surface area contributed by atoms with E-state index in [1.165, 1.54) is 16.5 Å². The molecule has 28 heavy (non-hydrogen) atoms. The van der Waals surface area contributed by atoms with E-state index in [9.17, 15) is 9.90 Å². The van der Waals surface area contributed by atoms with Gasteiger partial charge in [-0.15, -0.1) is 0 Å². The lowest BCUT2D eigenvalue weighted by molar-refractivity contribution is -0.132. The number of β-amino-alcohol motifs (C(OH)–C–C–N with tert-alkyl or cyclic N) is 1. The molecule has 154 valence electrons. The Morgan fingerprint density at radius 1 is 1.14 bits per heavy atom. The second-order valence-corrected chi connectivity index (χ2v) is 8.45. The molecule has 1 fully saturated rings. The molecule has 1 atom stereocenters. The molecule has 1 saturated heterocycles. The average Bonchev–Trinajstić information content (AvgIpc) is 2.96. The summed E-state index contributed by atoms with van der Waals surface area (Å²) in [5, 5.41) is 11.3. The maximum atomic E-state index is 13.0. The fraction of sp³-hybridized carbons (Fsp3) is 0.591. The Bertz CT molecular complexity index is 835. The first-order valence-electron chi connectivity index (χ1n) is 10.2. The third-order valence-electron chi connectivity index (χ3n) is 5.79. The number of rotatable bonds is 6. The van der Waals surface area contributed by atoms with Crippen molar-refractivity contribution in [2.45, 2.75) is 33.3 Å². The number of aryl methyl sites for hydroxylation is 3. The number of hydrogen-bond donors (Lipinski definition) is 2. The summed E-state index contributed by atoms with van der Waals surface area (Å²) in [5.74, 6) is 0.193. The van der Waals surface area contributed by atoms with Gasteiger partial charge in [-0.3, -0.25) is 9.69 Å². The highest BCUT2D eigenvalue weighted by Gasteiger charge is 2.24. The Balaban J connectivity index is 1.62. The van der Waals surface area contributed by atoms with Crippen molar-refractivity contribution in [3.8, 4) is 0 Å². The first-order valence-corrected chi connectivity index (χ1v) is 10.2. The lowest BCUT2D eigenvalue weighted by Crippen LogP contribution is -2.51. The van der Waals surface area contributed by atoms with Crippen molar-refractivity contribution in [2.24, 2.45) is 0 Å². The summed E-state index contributed by atoms with van der Waals surface area (Å²) >= 11 is 0. The van der Waals surface area contributed by atoms with E-state index in [0.29, 0.717) is 19.5 Å². The summed E-state index contributed by atoms with van der Waals surface area (Å²) < 4.78 is 0. The number of amides is 1. The average molecular weight is 387 g/mol. The third kappa shape index (κ3) is 4.57. The second kappa shape index (κ2) is 8.64. The molecule has 1 aromatic carbocycles. The van der Waals surface area contributed by atoms with Gasteiger partial charge in [0.15, 0.2) is 0 Å². The summed E-state index contributed by atoms with van der Waals surface area (Å²) in [4.78, 5) is 22.7. The zero-order valence-corrected chi connectivity index (χ0v) is 17.9. The van der Waals surface area contributed by atoms with Crippen LogP contribution in [0, 0.1) is 20.8 Å². The lowest BCUT2D eigenvalue weighted by atomic mass is 10.0. The van der Waals surface area contributed by atoms with Crippen molar-refractivity contribution in [3.05, 3.63) is 34.5 Å². The predicted octanol–water partition coefficient (Wildman–Crippen LogP) is 1.70. The summed E-state index contributed by atoms with van der Waals surface area (Å²) in [6.07, 6.45) is 0.0941. The van der Waals surface area contributed by atoms with Crippen molar-refractivity contribution in [1.82, 2.24) is 19.7 Å². The number of likely N-dealkylation sites (N-methyl/N-ethyl adjacent to an activating group) is 1. The van der Waals surface area contributed by atoms with E-state index in [-0.39, 0.29) is 12.0 Å². The molecule has 2 aromatic rings. The Morgan fingerprint density at radius 2 is 1.79 bits per heavy atom. The number of nitrogens with one attached hydrogen (secondary N) is 1. The van der Waals surface area contributed by atoms with Crippen LogP contribution in [0.4, 0.5) is 0 Å². The molecule has 3 rings (SSSR count). The minimum Gasteiger partial charge on any atom is -0.390 e. The Kier molecular flexibility index (Phi) is 6.43. The van der Waals surface area contributed by atoms with Gasteiger partial charge in [-0.25, -0.2) is 0 Å². The molecule has 0 spiro atoms. The Hall–Kier alpha value is -1.89. The smallest absolute Gasteiger partial charge is 0.227 e. The SMILES string of the molecule is Cc1[nH]c2c(C)ccc(C)c2c1CC(=O)N1CCN(C[C@H](O)CN(C)C)CC1. The molecule has 6 heteroatoms. The molecule has 0 bridgehead atoms. The molecule has 1 aromatic heterocycles. The van der Waals surface area contributed by atoms with Crippen molar-refractivity contribution >= 4 is 16.8 Å². The normalized spacial score (nSPS) is 16.9. The number of benzene rings is 1. The Morgan fingerprint density at radius 3 is 2.43 bits per heavy atom. The number of carbonyl (C=O) groups excluding carboxylic acids is 1. The fourth-order valence-electron chi connectivity index (χ4n) is 4.25. The number of H-pyrrole nitrogens is 1. The molecule has 0 radical (unpaired) electrons. The highest BCUT2D eigenvalue weighted by Crippen LogP contribution is 2.28. The maximum absolute atomic E-state index is 13.0. The van der Waals surface area contributed by atoms with Crippen LogP contribution in [0.3, 0.4) is 0 Å². The van der Waals surface area contributed by atoms with Gasteiger partial charge in [-0.2, -0.15) is 0 Å². The van der Waals surface area contributed by atoms with Gasteiger partial charge in [-0.1, -0.05) is 12.1 Å². The van der Waals surface area contributed by atoms with E-state index >= 15 is 0 Å². The summed E-state index contributed by atoms with van der Waals surface area (Å²) in [7, 11) is 3.94. The van der Waals surface area contributed by atoms with Gasteiger partial charge in [0.1, 0.15) is 0 Å². The third-order valence-corrected chi connectivity index (χ3v) is 5.79. The zero-order chi connectivity index (χ0) is 20.4. The van der Waals surface area contributed by atoms with Crippen molar-refractivity contribution < 1.29 is 9.90 Å². The van der Waals surface area contributed by atoms with Crippen LogP contribution in [0.25, 0.3) is 10.9 Å². The number of aliphatic hydroxyl groups is 1. The van der Waals surface area contributed by atoms with E-state index in [0.717, 1.165) is 43.0 Å². The predicted molar refractivity (Wildman–Crippen MR) is 114 cm³/mol. The monoisotopic (exact) mass is 386 g/mol. The number of fused-ring (bicyclic) bond motifs is 1. The molecule has 1 amide bonds. The molecular formula is C22H34N4O2. The van der Waals surface area contributed by atoms with E-state index < -0.39 is 0 Å². The summed E-state index contributed by atoms with van der Waals surface area (Å²) in [5.41, 5.74) is 5.80.